The average Bonchev–Trinajstić information content (AvgIpc) is 2.25. The summed E-state index contributed by atoms with van der Waals surface area (Å²) >= 11 is 0. The van der Waals surface area contributed by atoms with Crippen LogP contribution in [0.5, 0.6) is 5.75 Å². The fourth-order valence-corrected chi connectivity index (χ4v) is 1.47. The van der Waals surface area contributed by atoms with Gasteiger partial charge in [-0.3, -0.25) is 4.79 Å². The van der Waals surface area contributed by atoms with Crippen molar-refractivity contribution in [3.05, 3.63) is 18.2 Å². The number of ether oxygens (including phenoxy) is 1. The molecule has 0 saturated heterocycles. The average molecular weight is 251 g/mol. The van der Waals surface area contributed by atoms with E-state index in [1.54, 1.807) is 25.3 Å². The molecule has 0 heterocycles. The largest absolute Gasteiger partial charge is 0.497 e. The third-order valence-electron chi connectivity index (χ3n) is 2.21. The van der Waals surface area contributed by atoms with E-state index in [9.17, 15) is 4.79 Å². The molecular formula is C13H21N3O2. The van der Waals surface area contributed by atoms with Gasteiger partial charge in [0.25, 0.3) is 0 Å². The van der Waals surface area contributed by atoms with E-state index in [0.717, 1.165) is 5.69 Å². The number of nitrogens with one attached hydrogen (secondary N) is 2. The van der Waals surface area contributed by atoms with Crippen LogP contribution in [0.3, 0.4) is 0 Å². The lowest BCUT2D eigenvalue weighted by Crippen LogP contribution is -2.43. The minimum atomic E-state index is -0.232. The number of hydrogen-bond acceptors (Lipinski definition) is 4. The van der Waals surface area contributed by atoms with Gasteiger partial charge in [-0.2, -0.15) is 0 Å². The van der Waals surface area contributed by atoms with Crippen molar-refractivity contribution in [3.8, 4) is 5.75 Å². The van der Waals surface area contributed by atoms with Crippen LogP contribution in [0.2, 0.25) is 0 Å². The second kappa shape index (κ2) is 5.62. The Balaban J connectivity index is 2.56. The van der Waals surface area contributed by atoms with Crippen molar-refractivity contribution in [2.75, 3.05) is 24.7 Å². The van der Waals surface area contributed by atoms with Gasteiger partial charge in [0.15, 0.2) is 0 Å². The van der Waals surface area contributed by atoms with Crippen LogP contribution in [0.1, 0.15) is 20.8 Å². The molecule has 1 aromatic carbocycles. The Kier molecular flexibility index (Phi) is 4.42. The lowest BCUT2D eigenvalue weighted by atomic mass is 10.1. The lowest BCUT2D eigenvalue weighted by molar-refractivity contribution is -0.120. The molecule has 5 heteroatoms. The van der Waals surface area contributed by atoms with Gasteiger partial charge in [0.2, 0.25) is 5.91 Å². The molecule has 5 nitrogen and oxygen atoms in total. The maximum Gasteiger partial charge on any atom is 0.239 e. The highest BCUT2D eigenvalue weighted by atomic mass is 16.5. The lowest BCUT2D eigenvalue weighted by Gasteiger charge is -2.21. The van der Waals surface area contributed by atoms with E-state index in [-0.39, 0.29) is 18.0 Å². The molecule has 0 aromatic heterocycles. The van der Waals surface area contributed by atoms with E-state index in [4.69, 9.17) is 10.5 Å². The zero-order valence-electron chi connectivity index (χ0n) is 11.3. The van der Waals surface area contributed by atoms with Crippen LogP contribution in [-0.4, -0.2) is 25.1 Å². The first-order valence-corrected chi connectivity index (χ1v) is 5.80. The molecule has 100 valence electrons. The molecule has 1 amide bonds. The van der Waals surface area contributed by atoms with Gasteiger partial charge in [-0.1, -0.05) is 0 Å². The highest BCUT2D eigenvalue weighted by molar-refractivity contribution is 5.82. The Labute approximate surface area is 108 Å². The van der Waals surface area contributed by atoms with Crippen molar-refractivity contribution in [2.45, 2.75) is 26.3 Å². The summed E-state index contributed by atoms with van der Waals surface area (Å²) in [6, 6.07) is 5.29. The third-order valence-corrected chi connectivity index (χ3v) is 2.21. The predicted octanol–water partition coefficient (Wildman–Crippen LogP) is 1.60. The summed E-state index contributed by atoms with van der Waals surface area (Å²) in [6.07, 6.45) is 0. The van der Waals surface area contributed by atoms with Gasteiger partial charge >= 0.3 is 0 Å². The maximum absolute atomic E-state index is 11.6. The second-order valence-electron chi connectivity index (χ2n) is 5.10. The normalized spacial score (nSPS) is 10.9. The molecule has 1 aromatic rings. The number of rotatable bonds is 4. The van der Waals surface area contributed by atoms with E-state index in [2.05, 4.69) is 10.6 Å². The molecule has 0 radical (unpaired) electrons. The molecule has 1 rings (SSSR count). The van der Waals surface area contributed by atoms with Crippen molar-refractivity contribution in [1.29, 1.82) is 0 Å². The Morgan fingerprint density at radius 1 is 1.39 bits per heavy atom. The minimum absolute atomic E-state index is 0.0716. The summed E-state index contributed by atoms with van der Waals surface area (Å²) in [4.78, 5) is 11.6. The summed E-state index contributed by atoms with van der Waals surface area (Å²) in [7, 11) is 1.58. The maximum atomic E-state index is 11.6. The number of hydrogen-bond donors (Lipinski definition) is 3. The number of carbonyl (C=O) groups excluding carboxylic acids is 1. The van der Waals surface area contributed by atoms with Gasteiger partial charge in [0.1, 0.15) is 5.75 Å². The first-order valence-electron chi connectivity index (χ1n) is 5.80. The summed E-state index contributed by atoms with van der Waals surface area (Å²) < 4.78 is 5.05. The van der Waals surface area contributed by atoms with Crippen LogP contribution < -0.4 is 21.1 Å². The molecule has 0 aliphatic heterocycles. The molecular weight excluding hydrogens is 230 g/mol. The Hall–Kier alpha value is -1.91. The molecule has 0 saturated carbocycles. The number of methoxy groups -OCH3 is 1. The highest BCUT2D eigenvalue weighted by Gasteiger charge is 2.13. The molecule has 0 unspecified atom stereocenters. The van der Waals surface area contributed by atoms with Crippen LogP contribution in [0, 0.1) is 0 Å². The molecule has 4 N–H and O–H groups in total. The van der Waals surface area contributed by atoms with Gasteiger partial charge < -0.3 is 21.1 Å². The zero-order valence-corrected chi connectivity index (χ0v) is 11.3. The number of benzene rings is 1. The Morgan fingerprint density at radius 2 is 2.06 bits per heavy atom. The molecule has 0 aliphatic carbocycles. The standard InChI is InChI=1S/C13H21N3O2/c1-13(2,3)16-12(17)8-15-11-6-5-9(18-4)7-10(11)14/h5-7,15H,8,14H2,1-4H3,(H,16,17). The molecule has 0 spiro atoms. The number of nitrogen functional groups attached to an aromatic ring is 1. The second-order valence-corrected chi connectivity index (χ2v) is 5.10. The van der Waals surface area contributed by atoms with E-state index >= 15 is 0 Å². The molecule has 0 atom stereocenters. The van der Waals surface area contributed by atoms with Crippen molar-refractivity contribution >= 4 is 17.3 Å². The fraction of sp³-hybridized carbons (Fsp3) is 0.462. The summed E-state index contributed by atoms with van der Waals surface area (Å²) in [5.74, 6) is 0.620. The molecule has 0 bridgehead atoms. The van der Waals surface area contributed by atoms with Gasteiger partial charge in [0.05, 0.1) is 25.0 Å². The van der Waals surface area contributed by atoms with Crippen LogP contribution in [0.25, 0.3) is 0 Å². The first kappa shape index (κ1) is 14.2. The SMILES string of the molecule is COc1ccc(NCC(=O)NC(C)(C)C)c(N)c1. The predicted molar refractivity (Wildman–Crippen MR) is 73.8 cm³/mol. The quantitative estimate of drug-likeness (QED) is 0.710. The number of nitrogens with two attached hydrogens (primary N) is 1. The van der Waals surface area contributed by atoms with Crippen LogP contribution in [-0.2, 0) is 4.79 Å². The van der Waals surface area contributed by atoms with Gasteiger partial charge in [-0.15, -0.1) is 0 Å². The minimum Gasteiger partial charge on any atom is -0.497 e. The smallest absolute Gasteiger partial charge is 0.239 e. The number of carbonyl (C=O) groups is 1. The monoisotopic (exact) mass is 251 g/mol. The zero-order chi connectivity index (χ0) is 13.8. The Morgan fingerprint density at radius 3 is 2.56 bits per heavy atom. The summed E-state index contributed by atoms with van der Waals surface area (Å²) in [6.45, 7) is 6.00. The van der Waals surface area contributed by atoms with Crippen molar-refractivity contribution in [3.63, 3.8) is 0 Å². The van der Waals surface area contributed by atoms with Gasteiger partial charge in [-0.05, 0) is 32.9 Å². The van der Waals surface area contributed by atoms with Crippen LogP contribution >= 0.6 is 0 Å². The van der Waals surface area contributed by atoms with Crippen molar-refractivity contribution in [1.82, 2.24) is 5.32 Å². The number of amides is 1. The van der Waals surface area contributed by atoms with Crippen molar-refractivity contribution < 1.29 is 9.53 Å². The third kappa shape index (κ3) is 4.53. The Bertz CT molecular complexity index is 425. The molecule has 0 fully saturated rings. The first-order chi connectivity index (χ1) is 8.31. The fourth-order valence-electron chi connectivity index (χ4n) is 1.47. The van der Waals surface area contributed by atoms with E-state index in [0.29, 0.717) is 11.4 Å². The summed E-state index contributed by atoms with van der Waals surface area (Å²) in [5.41, 5.74) is 6.88. The molecule has 18 heavy (non-hydrogen) atoms. The van der Waals surface area contributed by atoms with Crippen LogP contribution in [0.15, 0.2) is 18.2 Å². The van der Waals surface area contributed by atoms with Gasteiger partial charge in [0, 0.05) is 11.6 Å². The van der Waals surface area contributed by atoms with Crippen LogP contribution in [0.4, 0.5) is 11.4 Å². The number of anilines is 2. The van der Waals surface area contributed by atoms with Crippen molar-refractivity contribution in [2.24, 2.45) is 0 Å². The molecule has 0 aliphatic rings. The van der Waals surface area contributed by atoms with E-state index < -0.39 is 0 Å². The highest BCUT2D eigenvalue weighted by Crippen LogP contribution is 2.23. The topological polar surface area (TPSA) is 76.4 Å². The summed E-state index contributed by atoms with van der Waals surface area (Å²) in [5, 5.41) is 5.86. The van der Waals surface area contributed by atoms with Gasteiger partial charge in [-0.25, -0.2) is 0 Å². The van der Waals surface area contributed by atoms with E-state index in [1.165, 1.54) is 0 Å². The van der Waals surface area contributed by atoms with E-state index in [1.807, 2.05) is 20.8 Å².